The zero-order chi connectivity index (χ0) is 15.0. The van der Waals surface area contributed by atoms with Gasteiger partial charge >= 0.3 is 0 Å². The first-order valence-electron chi connectivity index (χ1n) is 6.82. The first kappa shape index (κ1) is 16.0. The van der Waals surface area contributed by atoms with Crippen LogP contribution in [-0.4, -0.2) is 23.3 Å². The third-order valence-corrected chi connectivity index (χ3v) is 2.98. The smallest absolute Gasteiger partial charge is 0.249 e. The Morgan fingerprint density at radius 1 is 1.25 bits per heavy atom. The maximum Gasteiger partial charge on any atom is 0.249 e. The van der Waals surface area contributed by atoms with Crippen molar-refractivity contribution in [3.05, 3.63) is 47.5 Å². The molecule has 0 aliphatic rings. The Morgan fingerprint density at radius 2 is 1.90 bits per heavy atom. The number of carbonyl (C=O) groups is 2. The van der Waals surface area contributed by atoms with Gasteiger partial charge in [-0.1, -0.05) is 43.3 Å². The Bertz CT molecular complexity index is 481. The van der Waals surface area contributed by atoms with Crippen LogP contribution in [0, 0.1) is 0 Å². The van der Waals surface area contributed by atoms with Crippen molar-refractivity contribution in [2.45, 2.75) is 33.2 Å². The molecule has 0 unspecified atom stereocenters. The van der Waals surface area contributed by atoms with Gasteiger partial charge in [-0.3, -0.25) is 9.59 Å². The molecule has 0 radical (unpaired) electrons. The summed E-state index contributed by atoms with van der Waals surface area (Å²) in [5.74, 6) is -0.440. The van der Waals surface area contributed by atoms with E-state index in [9.17, 15) is 9.59 Å². The van der Waals surface area contributed by atoms with E-state index in [-0.39, 0.29) is 12.3 Å². The lowest BCUT2D eigenvalue weighted by molar-refractivity contribution is -0.128. The highest BCUT2D eigenvalue weighted by Gasteiger charge is 2.16. The normalized spacial score (nSPS) is 11.2. The van der Waals surface area contributed by atoms with Crippen LogP contribution in [-0.2, 0) is 16.1 Å². The average molecular weight is 274 g/mol. The summed E-state index contributed by atoms with van der Waals surface area (Å²) in [5, 5.41) is 0. The quantitative estimate of drug-likeness (QED) is 0.775. The standard InChI is InChI=1S/C16H22N2O2/c1-3-7-13(2)16(20)18(11-10-15(17)19)12-14-8-5-4-6-9-14/h4-9H,3,10-12H2,1-2H3,(H2,17,19). The SMILES string of the molecule is CCC=C(C)C(=O)N(CCC(N)=O)Cc1ccccc1. The van der Waals surface area contributed by atoms with Gasteiger partial charge in [0.2, 0.25) is 11.8 Å². The lowest BCUT2D eigenvalue weighted by Gasteiger charge is -2.22. The number of hydrogen-bond acceptors (Lipinski definition) is 2. The summed E-state index contributed by atoms with van der Waals surface area (Å²) in [7, 11) is 0. The summed E-state index contributed by atoms with van der Waals surface area (Å²) < 4.78 is 0. The highest BCUT2D eigenvalue weighted by Crippen LogP contribution is 2.10. The Morgan fingerprint density at radius 3 is 2.45 bits per heavy atom. The van der Waals surface area contributed by atoms with Crippen molar-refractivity contribution in [1.82, 2.24) is 4.90 Å². The number of amides is 2. The minimum Gasteiger partial charge on any atom is -0.370 e. The molecule has 1 aromatic rings. The van der Waals surface area contributed by atoms with E-state index in [0.717, 1.165) is 12.0 Å². The summed E-state index contributed by atoms with van der Waals surface area (Å²) in [6.45, 7) is 4.62. The number of primary amides is 1. The van der Waals surface area contributed by atoms with Gasteiger partial charge in [0, 0.05) is 25.1 Å². The number of nitrogens with zero attached hydrogens (tertiary/aromatic N) is 1. The molecular formula is C16H22N2O2. The van der Waals surface area contributed by atoms with Crippen molar-refractivity contribution in [3.8, 4) is 0 Å². The maximum atomic E-state index is 12.4. The first-order chi connectivity index (χ1) is 9.54. The average Bonchev–Trinajstić information content (AvgIpc) is 2.44. The third-order valence-electron chi connectivity index (χ3n) is 2.98. The number of benzene rings is 1. The molecule has 0 spiro atoms. The van der Waals surface area contributed by atoms with E-state index >= 15 is 0 Å². The van der Waals surface area contributed by atoms with Gasteiger partial charge in [0.15, 0.2) is 0 Å². The molecule has 0 fully saturated rings. The lowest BCUT2D eigenvalue weighted by atomic mass is 10.1. The van der Waals surface area contributed by atoms with E-state index < -0.39 is 5.91 Å². The predicted octanol–water partition coefficient (Wildman–Crippen LogP) is 2.25. The van der Waals surface area contributed by atoms with Gasteiger partial charge in [-0.05, 0) is 18.9 Å². The lowest BCUT2D eigenvalue weighted by Crippen LogP contribution is -2.34. The second kappa shape index (κ2) is 8.15. The van der Waals surface area contributed by atoms with Crippen LogP contribution in [0.2, 0.25) is 0 Å². The molecule has 0 bridgehead atoms. The molecule has 2 N–H and O–H groups in total. The third kappa shape index (κ3) is 5.26. The summed E-state index contributed by atoms with van der Waals surface area (Å²) in [6.07, 6.45) is 2.88. The van der Waals surface area contributed by atoms with Crippen molar-refractivity contribution in [3.63, 3.8) is 0 Å². The molecule has 1 rings (SSSR count). The number of hydrogen-bond donors (Lipinski definition) is 1. The van der Waals surface area contributed by atoms with Crippen molar-refractivity contribution >= 4 is 11.8 Å². The van der Waals surface area contributed by atoms with Crippen LogP contribution in [0.4, 0.5) is 0 Å². The molecule has 0 saturated carbocycles. The van der Waals surface area contributed by atoms with E-state index in [0.29, 0.717) is 18.7 Å². The van der Waals surface area contributed by atoms with Crippen LogP contribution in [0.1, 0.15) is 32.3 Å². The molecule has 4 nitrogen and oxygen atoms in total. The summed E-state index contributed by atoms with van der Waals surface area (Å²) >= 11 is 0. The number of nitrogens with two attached hydrogens (primary N) is 1. The van der Waals surface area contributed by atoms with Crippen molar-refractivity contribution in [1.29, 1.82) is 0 Å². The fraction of sp³-hybridized carbons (Fsp3) is 0.375. The van der Waals surface area contributed by atoms with Crippen molar-refractivity contribution in [2.75, 3.05) is 6.54 Å². The molecule has 2 amide bonds. The largest absolute Gasteiger partial charge is 0.370 e. The minimum atomic E-state index is -0.395. The number of rotatable bonds is 7. The van der Waals surface area contributed by atoms with Gasteiger partial charge in [-0.15, -0.1) is 0 Å². The van der Waals surface area contributed by atoms with Crippen LogP contribution in [0.25, 0.3) is 0 Å². The zero-order valence-electron chi connectivity index (χ0n) is 12.1. The molecular weight excluding hydrogens is 252 g/mol. The highest BCUT2D eigenvalue weighted by molar-refractivity contribution is 5.93. The second-order valence-corrected chi connectivity index (χ2v) is 4.72. The van der Waals surface area contributed by atoms with Crippen LogP contribution in [0.5, 0.6) is 0 Å². The minimum absolute atomic E-state index is 0.0445. The van der Waals surface area contributed by atoms with E-state index in [4.69, 9.17) is 5.73 Å². The zero-order valence-corrected chi connectivity index (χ0v) is 12.1. The Balaban J connectivity index is 2.82. The van der Waals surface area contributed by atoms with E-state index in [1.807, 2.05) is 43.3 Å². The molecule has 4 heteroatoms. The molecule has 0 aliphatic heterocycles. The molecule has 0 atom stereocenters. The molecule has 20 heavy (non-hydrogen) atoms. The molecule has 0 heterocycles. The topological polar surface area (TPSA) is 63.4 Å². The van der Waals surface area contributed by atoms with Gasteiger partial charge in [-0.2, -0.15) is 0 Å². The Labute approximate surface area is 120 Å². The first-order valence-corrected chi connectivity index (χ1v) is 6.82. The molecule has 0 aromatic heterocycles. The van der Waals surface area contributed by atoms with Crippen molar-refractivity contribution in [2.24, 2.45) is 5.73 Å². The molecule has 0 saturated heterocycles. The van der Waals surface area contributed by atoms with E-state index in [1.54, 1.807) is 11.8 Å². The second-order valence-electron chi connectivity index (χ2n) is 4.72. The maximum absolute atomic E-state index is 12.4. The predicted molar refractivity (Wildman–Crippen MR) is 79.7 cm³/mol. The Hall–Kier alpha value is -2.10. The molecule has 0 aliphatic carbocycles. The van der Waals surface area contributed by atoms with Gasteiger partial charge in [0.1, 0.15) is 0 Å². The highest BCUT2D eigenvalue weighted by atomic mass is 16.2. The number of carbonyl (C=O) groups excluding carboxylic acids is 2. The monoisotopic (exact) mass is 274 g/mol. The molecule has 108 valence electrons. The van der Waals surface area contributed by atoms with Crippen LogP contribution < -0.4 is 5.73 Å². The fourth-order valence-electron chi connectivity index (χ4n) is 1.94. The van der Waals surface area contributed by atoms with Crippen molar-refractivity contribution < 1.29 is 9.59 Å². The van der Waals surface area contributed by atoms with Crippen LogP contribution >= 0.6 is 0 Å². The van der Waals surface area contributed by atoms with Gasteiger partial charge in [0.05, 0.1) is 0 Å². The summed E-state index contributed by atoms with van der Waals surface area (Å²) in [6, 6.07) is 9.72. The van der Waals surface area contributed by atoms with E-state index in [2.05, 4.69) is 0 Å². The fourth-order valence-corrected chi connectivity index (χ4v) is 1.94. The number of allylic oxidation sites excluding steroid dienone is 1. The molecule has 1 aromatic carbocycles. The summed E-state index contributed by atoms with van der Waals surface area (Å²) in [4.78, 5) is 25.0. The summed E-state index contributed by atoms with van der Waals surface area (Å²) in [5.41, 5.74) is 6.92. The van der Waals surface area contributed by atoms with Crippen LogP contribution in [0.15, 0.2) is 42.0 Å². The van der Waals surface area contributed by atoms with Crippen LogP contribution in [0.3, 0.4) is 0 Å². The van der Waals surface area contributed by atoms with Gasteiger partial charge < -0.3 is 10.6 Å². The van der Waals surface area contributed by atoms with E-state index in [1.165, 1.54) is 0 Å². The van der Waals surface area contributed by atoms with Gasteiger partial charge in [0.25, 0.3) is 0 Å². The Kier molecular flexibility index (Phi) is 6.50. The van der Waals surface area contributed by atoms with Gasteiger partial charge in [-0.25, -0.2) is 0 Å².